The molecule has 4 rings (SSSR count). The van der Waals surface area contributed by atoms with Gasteiger partial charge in [0.1, 0.15) is 23.0 Å². The molecule has 0 fully saturated rings. The van der Waals surface area contributed by atoms with Gasteiger partial charge in [0.2, 0.25) is 0 Å². The molecule has 3 N–H and O–H groups in total. The smallest absolute Gasteiger partial charge is 0.250 e. The maximum Gasteiger partial charge on any atom is 0.250 e. The van der Waals surface area contributed by atoms with Gasteiger partial charge in [0.15, 0.2) is 11.0 Å². The normalized spacial score (nSPS) is 10.9. The molecule has 0 aliphatic rings. The lowest BCUT2D eigenvalue weighted by Crippen LogP contribution is -2.20. The molecule has 1 aromatic heterocycles. The highest BCUT2D eigenvalue weighted by atomic mass is 32.2. The molecular weight excluding hydrogens is 482 g/mol. The molecule has 0 bridgehead atoms. The van der Waals surface area contributed by atoms with Crippen LogP contribution in [0.25, 0.3) is 17.1 Å². The Hall–Kier alpha value is -4.51. The van der Waals surface area contributed by atoms with E-state index in [0.717, 1.165) is 17.0 Å². The third kappa shape index (κ3) is 5.76. The molecule has 0 aliphatic heterocycles. The first-order valence-corrected chi connectivity index (χ1v) is 11.7. The molecule has 36 heavy (non-hydrogen) atoms. The first-order valence-electron chi connectivity index (χ1n) is 10.7. The largest absolute Gasteiger partial charge is 0.508 e. The third-order valence-electron chi connectivity index (χ3n) is 5.05. The molecule has 184 valence electrons. The summed E-state index contributed by atoms with van der Waals surface area (Å²) in [7, 11) is 3.20. The van der Waals surface area contributed by atoms with Crippen LogP contribution in [-0.2, 0) is 4.79 Å². The lowest BCUT2D eigenvalue weighted by molar-refractivity contribution is -0.118. The summed E-state index contributed by atoms with van der Waals surface area (Å²) in [6.07, 6.45) is 1.29. The van der Waals surface area contributed by atoms with Crippen LogP contribution in [0.3, 0.4) is 0 Å². The van der Waals surface area contributed by atoms with Crippen LogP contribution < -0.4 is 14.9 Å². The number of carbonyl (C=O) groups is 1. The number of thioether (sulfide) groups is 1. The Labute approximate surface area is 211 Å². The van der Waals surface area contributed by atoms with Crippen molar-refractivity contribution < 1.29 is 24.5 Å². The van der Waals surface area contributed by atoms with E-state index < -0.39 is 0 Å². The van der Waals surface area contributed by atoms with Crippen LogP contribution in [0.1, 0.15) is 5.56 Å². The summed E-state index contributed by atoms with van der Waals surface area (Å²) in [4.78, 5) is 12.4. The molecule has 0 radical (unpaired) electrons. The average Bonchev–Trinajstić information content (AvgIpc) is 3.32. The van der Waals surface area contributed by atoms with Crippen molar-refractivity contribution in [1.82, 2.24) is 20.2 Å². The summed E-state index contributed by atoms with van der Waals surface area (Å²) in [5.41, 5.74) is 4.40. The van der Waals surface area contributed by atoms with Gasteiger partial charge in [0.05, 0.1) is 26.2 Å². The van der Waals surface area contributed by atoms with Crippen molar-refractivity contribution in [3.8, 4) is 40.1 Å². The molecule has 0 atom stereocenters. The minimum Gasteiger partial charge on any atom is -0.508 e. The monoisotopic (exact) mass is 505 g/mol. The predicted octanol–water partition coefficient (Wildman–Crippen LogP) is 3.61. The molecule has 1 amide bonds. The van der Waals surface area contributed by atoms with Gasteiger partial charge in [0.25, 0.3) is 5.91 Å². The van der Waals surface area contributed by atoms with Gasteiger partial charge in [0, 0.05) is 22.9 Å². The maximum atomic E-state index is 12.4. The van der Waals surface area contributed by atoms with Gasteiger partial charge >= 0.3 is 0 Å². The number of benzene rings is 3. The Morgan fingerprint density at radius 1 is 1.00 bits per heavy atom. The molecule has 10 nitrogen and oxygen atoms in total. The Morgan fingerprint density at radius 3 is 2.31 bits per heavy atom. The molecule has 0 saturated heterocycles. The third-order valence-corrected chi connectivity index (χ3v) is 5.98. The molecule has 0 spiro atoms. The van der Waals surface area contributed by atoms with E-state index in [1.165, 1.54) is 36.2 Å². The van der Waals surface area contributed by atoms with Gasteiger partial charge in [-0.15, -0.1) is 10.2 Å². The quantitative estimate of drug-likeness (QED) is 0.179. The van der Waals surface area contributed by atoms with Crippen LogP contribution in [0, 0.1) is 0 Å². The second-order valence-corrected chi connectivity index (χ2v) is 8.34. The second-order valence-electron chi connectivity index (χ2n) is 7.39. The summed E-state index contributed by atoms with van der Waals surface area (Å²) in [5.74, 6) is 1.47. The number of nitrogens with one attached hydrogen (secondary N) is 1. The molecule has 11 heteroatoms. The lowest BCUT2D eigenvalue weighted by atomic mass is 10.2. The van der Waals surface area contributed by atoms with E-state index in [1.807, 2.05) is 53.1 Å². The fourth-order valence-electron chi connectivity index (χ4n) is 3.23. The lowest BCUT2D eigenvalue weighted by Gasteiger charge is -2.11. The van der Waals surface area contributed by atoms with E-state index in [2.05, 4.69) is 20.7 Å². The number of amides is 1. The number of ether oxygens (including phenoxy) is 2. The minimum absolute atomic E-state index is 0.0236. The van der Waals surface area contributed by atoms with E-state index >= 15 is 0 Å². The van der Waals surface area contributed by atoms with Gasteiger partial charge < -0.3 is 19.7 Å². The van der Waals surface area contributed by atoms with E-state index in [0.29, 0.717) is 22.3 Å². The topological polar surface area (TPSA) is 131 Å². The fourth-order valence-corrected chi connectivity index (χ4v) is 3.98. The molecule has 0 aliphatic carbocycles. The number of nitrogens with zero attached hydrogens (tertiary/aromatic N) is 4. The number of rotatable bonds is 9. The molecule has 0 saturated carbocycles. The summed E-state index contributed by atoms with van der Waals surface area (Å²) in [6, 6.07) is 19.0. The highest BCUT2D eigenvalue weighted by molar-refractivity contribution is 7.99. The van der Waals surface area contributed by atoms with Crippen molar-refractivity contribution in [3.05, 3.63) is 72.3 Å². The van der Waals surface area contributed by atoms with Crippen LogP contribution in [0.15, 0.2) is 77.0 Å². The number of hydrogen-bond acceptors (Lipinski definition) is 9. The van der Waals surface area contributed by atoms with Gasteiger partial charge in [-0.25, -0.2) is 5.43 Å². The number of aromatic nitrogens is 3. The van der Waals surface area contributed by atoms with Crippen LogP contribution in [0.2, 0.25) is 0 Å². The zero-order valence-corrected chi connectivity index (χ0v) is 20.3. The van der Waals surface area contributed by atoms with E-state index in [1.54, 1.807) is 14.2 Å². The highest BCUT2D eigenvalue weighted by Crippen LogP contribution is 2.30. The molecule has 1 heterocycles. The zero-order valence-electron chi connectivity index (χ0n) is 19.5. The van der Waals surface area contributed by atoms with Gasteiger partial charge in [-0.3, -0.25) is 9.36 Å². The van der Waals surface area contributed by atoms with Gasteiger partial charge in [-0.1, -0.05) is 11.8 Å². The first-order chi connectivity index (χ1) is 17.5. The number of methoxy groups -OCH3 is 2. The first kappa shape index (κ1) is 24.6. The molecule has 4 aromatic rings. The van der Waals surface area contributed by atoms with Gasteiger partial charge in [-0.05, 0) is 60.7 Å². The van der Waals surface area contributed by atoms with Crippen LogP contribution in [-0.4, -0.2) is 57.1 Å². The minimum atomic E-state index is -0.371. The van der Waals surface area contributed by atoms with Crippen molar-refractivity contribution in [1.29, 1.82) is 0 Å². The Kier molecular flexibility index (Phi) is 7.71. The number of hydrazone groups is 1. The summed E-state index contributed by atoms with van der Waals surface area (Å²) >= 11 is 1.20. The van der Waals surface area contributed by atoms with E-state index in [4.69, 9.17) is 9.47 Å². The highest BCUT2D eigenvalue weighted by Gasteiger charge is 2.17. The van der Waals surface area contributed by atoms with E-state index in [-0.39, 0.29) is 23.2 Å². The number of aromatic hydroxyl groups is 2. The average molecular weight is 506 g/mol. The van der Waals surface area contributed by atoms with Crippen molar-refractivity contribution in [2.24, 2.45) is 5.10 Å². The van der Waals surface area contributed by atoms with Crippen LogP contribution in [0.4, 0.5) is 0 Å². The SMILES string of the molecule is COc1ccc(-c2nnc(SCC(=O)N/N=C/c3ccc(O)cc3O)n2-c2ccc(OC)cc2)cc1. The number of hydrogen-bond donors (Lipinski definition) is 3. The molecular formula is C25H23N5O5S. The second kappa shape index (κ2) is 11.3. The summed E-state index contributed by atoms with van der Waals surface area (Å²) < 4.78 is 12.4. The summed E-state index contributed by atoms with van der Waals surface area (Å²) in [5, 5.41) is 32.2. The van der Waals surface area contributed by atoms with Crippen LogP contribution >= 0.6 is 11.8 Å². The number of phenolic OH excluding ortho intramolecular Hbond substituents is 2. The standard InChI is InChI=1S/C25H23N5O5S/c1-34-20-9-4-16(5-10-20)24-28-29-25(30(24)18-6-11-21(35-2)12-7-18)36-15-23(33)27-26-14-17-3-8-19(31)13-22(17)32/h3-14,31-32H,15H2,1-2H3,(H,27,33)/b26-14+. The predicted molar refractivity (Wildman–Crippen MR) is 136 cm³/mol. The van der Waals surface area contributed by atoms with Crippen molar-refractivity contribution in [3.63, 3.8) is 0 Å². The van der Waals surface area contributed by atoms with Crippen molar-refractivity contribution >= 4 is 23.9 Å². The fraction of sp³-hybridized carbons (Fsp3) is 0.120. The number of carbonyl (C=O) groups excluding carboxylic acids is 1. The van der Waals surface area contributed by atoms with Gasteiger partial charge in [-0.2, -0.15) is 5.10 Å². The molecule has 0 unspecified atom stereocenters. The number of phenols is 2. The van der Waals surface area contributed by atoms with E-state index in [9.17, 15) is 15.0 Å². The zero-order chi connectivity index (χ0) is 25.5. The maximum absolute atomic E-state index is 12.4. The van der Waals surface area contributed by atoms with Crippen LogP contribution in [0.5, 0.6) is 23.0 Å². The molecule has 3 aromatic carbocycles. The Bertz CT molecular complexity index is 1370. The van der Waals surface area contributed by atoms with Crippen molar-refractivity contribution in [2.45, 2.75) is 5.16 Å². The Morgan fingerprint density at radius 2 is 1.67 bits per heavy atom. The summed E-state index contributed by atoms with van der Waals surface area (Å²) in [6.45, 7) is 0. The Balaban J connectivity index is 1.52. The van der Waals surface area contributed by atoms with Crippen molar-refractivity contribution in [2.75, 3.05) is 20.0 Å².